The predicted octanol–water partition coefficient (Wildman–Crippen LogP) is 16.2. The van der Waals surface area contributed by atoms with Gasteiger partial charge in [-0.2, -0.15) is 10.5 Å². The minimum atomic E-state index is 0.360. The number of hydrogen-bond acceptors (Lipinski definition) is 5. The molecule has 0 bridgehead atoms. The molecule has 16 rings (SSSR count). The number of rotatable bonds is 5. The second-order valence-electron chi connectivity index (χ2n) is 19.1. The summed E-state index contributed by atoms with van der Waals surface area (Å²) < 4.78 is 15.8. The summed E-state index contributed by atoms with van der Waals surface area (Å²) in [5, 5.41) is 35.3. The fourth-order valence-electron chi connectivity index (χ4n) is 12.4. The van der Waals surface area contributed by atoms with E-state index >= 15 is 0 Å². The molecule has 6 aromatic heterocycles. The van der Waals surface area contributed by atoms with Crippen LogP contribution in [0, 0.1) is 22.7 Å². The molecule has 0 unspecified atom stereocenters. The molecule has 0 aliphatic rings. The first-order valence-corrected chi connectivity index (χ1v) is 24.9. The van der Waals surface area contributed by atoms with Crippen molar-refractivity contribution in [2.24, 2.45) is 0 Å². The fourth-order valence-corrected chi connectivity index (χ4v) is 12.4. The standard InChI is InChI=1S/C66H36N8O/c67-37-49-61(71-51-23-8-1-16-40(51)41-17-2-9-24-52(41)71)62(72-53-25-10-3-18-42(53)43-19-4-11-26-54(43)72)50(38-68)64(63(49)73-55-27-12-5-20-44(55)45-21-6-13-28-56(45)73)74-57-33-32-47-46-22-7-14-29-59(46)75-65(47)60(57)48-31-30-39(36-58(48)74)66-69-34-15-35-70-66/h1-36H. The first kappa shape index (κ1) is 40.9. The van der Waals surface area contributed by atoms with Gasteiger partial charge in [-0.25, -0.2) is 9.97 Å². The van der Waals surface area contributed by atoms with Crippen molar-refractivity contribution in [2.45, 2.75) is 0 Å². The fraction of sp³-hybridized carbons (Fsp3) is 0. The van der Waals surface area contributed by atoms with E-state index < -0.39 is 0 Å². The number of benzene rings is 10. The number of furan rings is 1. The molecular formula is C66H36N8O. The topological polar surface area (TPSA) is 106 Å². The molecule has 75 heavy (non-hydrogen) atoms. The van der Waals surface area contributed by atoms with Crippen molar-refractivity contribution in [1.29, 1.82) is 10.5 Å². The zero-order chi connectivity index (χ0) is 49.5. The number of fused-ring (bicyclic) bond motifs is 16. The SMILES string of the molecule is N#Cc1c(-n2c3ccccc3c3ccccc32)c(-n2c3ccccc3c3ccccc32)c(C#N)c(-n2c3cc(-c4ncccn4)ccc3c3c4oc5ccccc5c4ccc32)c1-n1c2ccccc2c2ccccc21. The maximum Gasteiger partial charge on any atom is 0.159 e. The Kier molecular flexibility index (Phi) is 8.40. The molecule has 0 aliphatic carbocycles. The summed E-state index contributed by atoms with van der Waals surface area (Å²) in [6.45, 7) is 0. The Hall–Kier alpha value is -10.7. The molecule has 0 radical (unpaired) electrons. The lowest BCUT2D eigenvalue weighted by Crippen LogP contribution is -2.16. The Bertz CT molecular complexity index is 5070. The van der Waals surface area contributed by atoms with Crippen molar-refractivity contribution in [3.63, 3.8) is 0 Å². The maximum absolute atomic E-state index is 12.7. The molecule has 0 saturated carbocycles. The van der Waals surface area contributed by atoms with Gasteiger partial charge in [-0.3, -0.25) is 0 Å². The number of nitrogens with zero attached hydrogens (tertiary/aromatic N) is 8. The lowest BCUT2D eigenvalue weighted by atomic mass is 9.98. The van der Waals surface area contributed by atoms with Gasteiger partial charge in [0.25, 0.3) is 0 Å². The first-order chi connectivity index (χ1) is 37.2. The van der Waals surface area contributed by atoms with E-state index in [0.29, 0.717) is 39.7 Å². The molecule has 346 valence electrons. The van der Waals surface area contributed by atoms with Crippen molar-refractivity contribution in [3.05, 3.63) is 230 Å². The highest BCUT2D eigenvalue weighted by Gasteiger charge is 2.35. The van der Waals surface area contributed by atoms with E-state index in [2.05, 4.69) is 176 Å². The number of para-hydroxylation sites is 7. The summed E-state index contributed by atoms with van der Waals surface area (Å²) in [6, 6.07) is 76.4. The van der Waals surface area contributed by atoms with Gasteiger partial charge in [-0.05, 0) is 66.7 Å². The molecule has 0 saturated heterocycles. The summed E-state index contributed by atoms with van der Waals surface area (Å²) >= 11 is 0. The van der Waals surface area contributed by atoms with E-state index in [1.807, 2.05) is 60.7 Å². The number of aromatic nitrogens is 6. The molecule has 0 spiro atoms. The molecule has 9 heteroatoms. The van der Waals surface area contributed by atoms with Crippen LogP contribution in [0.4, 0.5) is 0 Å². The Morgan fingerprint density at radius 1 is 0.333 bits per heavy atom. The van der Waals surface area contributed by atoms with Crippen molar-refractivity contribution >= 4 is 109 Å². The van der Waals surface area contributed by atoms with Crippen LogP contribution in [0.1, 0.15) is 11.1 Å². The Balaban J connectivity index is 1.22. The van der Waals surface area contributed by atoms with E-state index in [0.717, 1.165) is 115 Å². The quantitative estimate of drug-likeness (QED) is 0.171. The monoisotopic (exact) mass is 956 g/mol. The second kappa shape index (κ2) is 15.4. The molecule has 0 fully saturated rings. The van der Waals surface area contributed by atoms with Gasteiger partial charge in [0.05, 0.1) is 72.3 Å². The average Bonchev–Trinajstić information content (AvgIpc) is 4.29. The van der Waals surface area contributed by atoms with Crippen LogP contribution in [0.25, 0.3) is 143 Å². The second-order valence-corrected chi connectivity index (χ2v) is 19.1. The molecule has 0 aliphatic heterocycles. The van der Waals surface area contributed by atoms with E-state index in [1.54, 1.807) is 12.4 Å². The minimum absolute atomic E-state index is 0.360. The summed E-state index contributed by atoms with van der Waals surface area (Å²) in [5.41, 5.74) is 12.2. The van der Waals surface area contributed by atoms with Crippen molar-refractivity contribution in [2.75, 3.05) is 0 Å². The zero-order valence-corrected chi connectivity index (χ0v) is 39.8. The molecule has 0 amide bonds. The van der Waals surface area contributed by atoms with Gasteiger partial charge in [0.2, 0.25) is 0 Å². The third-order valence-electron chi connectivity index (χ3n) is 15.4. The van der Waals surface area contributed by atoms with Gasteiger partial charge in [0, 0.05) is 66.4 Å². The molecule has 10 aromatic carbocycles. The average molecular weight is 957 g/mol. The highest BCUT2D eigenvalue weighted by molar-refractivity contribution is 6.25. The smallest absolute Gasteiger partial charge is 0.159 e. The van der Waals surface area contributed by atoms with Crippen molar-refractivity contribution in [1.82, 2.24) is 28.2 Å². The van der Waals surface area contributed by atoms with Gasteiger partial charge in [-0.15, -0.1) is 0 Å². The van der Waals surface area contributed by atoms with E-state index in [4.69, 9.17) is 14.4 Å². The Morgan fingerprint density at radius 3 is 1.13 bits per heavy atom. The van der Waals surface area contributed by atoms with Crippen LogP contribution in [0.5, 0.6) is 0 Å². The maximum atomic E-state index is 12.7. The minimum Gasteiger partial charge on any atom is -0.455 e. The van der Waals surface area contributed by atoms with Crippen LogP contribution in [0.15, 0.2) is 223 Å². The molecule has 6 heterocycles. The van der Waals surface area contributed by atoms with Gasteiger partial charge < -0.3 is 22.7 Å². The Labute approximate surface area is 426 Å². The van der Waals surface area contributed by atoms with E-state index in [9.17, 15) is 10.5 Å². The summed E-state index contributed by atoms with van der Waals surface area (Å²) in [7, 11) is 0. The van der Waals surface area contributed by atoms with Crippen LogP contribution in [-0.2, 0) is 0 Å². The van der Waals surface area contributed by atoms with Crippen LogP contribution >= 0.6 is 0 Å². The van der Waals surface area contributed by atoms with Crippen LogP contribution in [0.2, 0.25) is 0 Å². The molecule has 0 N–H and O–H groups in total. The predicted molar refractivity (Wildman–Crippen MR) is 302 cm³/mol. The normalized spacial score (nSPS) is 12.0. The number of nitriles is 2. The van der Waals surface area contributed by atoms with Crippen LogP contribution in [-0.4, -0.2) is 28.2 Å². The summed E-state index contributed by atoms with van der Waals surface area (Å²) in [6.07, 6.45) is 3.50. The van der Waals surface area contributed by atoms with Gasteiger partial charge in [-0.1, -0.05) is 140 Å². The Morgan fingerprint density at radius 2 is 0.707 bits per heavy atom. The molecule has 0 atom stereocenters. The molecule has 9 nitrogen and oxygen atoms in total. The highest BCUT2D eigenvalue weighted by Crippen LogP contribution is 2.50. The van der Waals surface area contributed by atoms with Gasteiger partial charge >= 0.3 is 0 Å². The third kappa shape index (κ3) is 5.47. The van der Waals surface area contributed by atoms with Crippen LogP contribution in [0.3, 0.4) is 0 Å². The van der Waals surface area contributed by atoms with Gasteiger partial charge in [0.1, 0.15) is 34.4 Å². The lowest BCUT2D eigenvalue weighted by Gasteiger charge is -2.27. The largest absolute Gasteiger partial charge is 0.455 e. The highest BCUT2D eigenvalue weighted by atomic mass is 16.3. The third-order valence-corrected chi connectivity index (χ3v) is 15.4. The summed E-state index contributed by atoms with van der Waals surface area (Å²) in [5.74, 6) is 0.554. The first-order valence-electron chi connectivity index (χ1n) is 24.9. The van der Waals surface area contributed by atoms with Crippen molar-refractivity contribution in [3.8, 4) is 46.3 Å². The molecule has 16 aromatic rings. The van der Waals surface area contributed by atoms with Crippen LogP contribution < -0.4 is 0 Å². The lowest BCUT2D eigenvalue weighted by molar-refractivity contribution is 0.673. The summed E-state index contributed by atoms with van der Waals surface area (Å²) in [4.78, 5) is 9.46. The van der Waals surface area contributed by atoms with Crippen molar-refractivity contribution < 1.29 is 4.42 Å². The van der Waals surface area contributed by atoms with E-state index in [1.165, 1.54) is 0 Å². The van der Waals surface area contributed by atoms with E-state index in [-0.39, 0.29) is 0 Å². The molecular weight excluding hydrogens is 921 g/mol. The zero-order valence-electron chi connectivity index (χ0n) is 39.8. The number of hydrogen-bond donors (Lipinski definition) is 0. The van der Waals surface area contributed by atoms with Gasteiger partial charge in [0.15, 0.2) is 5.82 Å².